The maximum atomic E-state index is 5.71. The molecule has 3 heterocycles. The zero-order valence-electron chi connectivity index (χ0n) is 9.96. The van der Waals surface area contributed by atoms with Crippen LogP contribution in [0.2, 0.25) is 0 Å². The third-order valence-electron chi connectivity index (χ3n) is 3.00. The van der Waals surface area contributed by atoms with Gasteiger partial charge in [-0.15, -0.1) is 23.5 Å². The van der Waals surface area contributed by atoms with Crippen LogP contribution in [0.25, 0.3) is 0 Å². The molecule has 0 aromatic carbocycles. The molecule has 0 aromatic heterocycles. The van der Waals surface area contributed by atoms with Crippen LogP contribution < -0.4 is 5.32 Å². The van der Waals surface area contributed by atoms with Crippen LogP contribution in [0.3, 0.4) is 0 Å². The highest BCUT2D eigenvalue weighted by molar-refractivity contribution is 8.14. The van der Waals surface area contributed by atoms with E-state index in [9.17, 15) is 0 Å². The van der Waals surface area contributed by atoms with E-state index in [0.29, 0.717) is 6.61 Å². The van der Waals surface area contributed by atoms with Crippen LogP contribution in [0.4, 0.5) is 0 Å². The summed E-state index contributed by atoms with van der Waals surface area (Å²) in [5, 5.41) is 4.70. The van der Waals surface area contributed by atoms with Gasteiger partial charge in [0.25, 0.3) is 0 Å². The Morgan fingerprint density at radius 1 is 1.33 bits per heavy atom. The van der Waals surface area contributed by atoms with E-state index in [0.717, 1.165) is 29.7 Å². The summed E-state index contributed by atoms with van der Waals surface area (Å²) in [6.07, 6.45) is 7.84. The Bertz CT molecular complexity index is 403. The van der Waals surface area contributed by atoms with Crippen LogP contribution in [0.15, 0.2) is 33.4 Å². The summed E-state index contributed by atoms with van der Waals surface area (Å²) in [7, 11) is 0. The van der Waals surface area contributed by atoms with Gasteiger partial charge in [0.05, 0.1) is 13.2 Å². The highest BCUT2D eigenvalue weighted by Crippen LogP contribution is 2.36. The number of nitrogens with zero attached hydrogens (tertiary/aromatic N) is 2. The average molecular weight is 281 g/mol. The summed E-state index contributed by atoms with van der Waals surface area (Å²) >= 11 is 3.59. The summed E-state index contributed by atoms with van der Waals surface area (Å²) in [4.78, 5) is 10.1. The fourth-order valence-electron chi connectivity index (χ4n) is 2.14. The second-order valence-corrected chi connectivity index (χ2v) is 6.22. The number of nitrogens with one attached hydrogen (secondary N) is 1. The molecule has 1 saturated heterocycles. The van der Waals surface area contributed by atoms with Crippen molar-refractivity contribution in [1.29, 1.82) is 0 Å². The van der Waals surface area contributed by atoms with E-state index in [1.807, 2.05) is 30.4 Å². The Hall–Kier alpha value is -0.560. The predicted octanol–water partition coefficient (Wildman–Crippen LogP) is 1.66. The lowest BCUT2D eigenvalue weighted by molar-refractivity contribution is 0.0721. The Morgan fingerprint density at radius 3 is 3.00 bits per heavy atom. The van der Waals surface area contributed by atoms with Crippen molar-refractivity contribution in [1.82, 2.24) is 5.32 Å². The molecule has 1 atom stereocenters. The number of aliphatic imine (C=N–C) groups is 2. The van der Waals surface area contributed by atoms with E-state index in [2.05, 4.69) is 21.4 Å². The quantitative estimate of drug-likeness (QED) is 0.836. The molecule has 0 saturated carbocycles. The molecular weight excluding hydrogens is 266 g/mol. The number of thioether (sulfide) groups is 2. The largest absolute Gasteiger partial charge is 0.377 e. The SMILES string of the molecule is C1=CN=C(C2(C3=CN=CCS3)COCCN2)SC1. The maximum absolute atomic E-state index is 5.71. The van der Waals surface area contributed by atoms with Gasteiger partial charge >= 0.3 is 0 Å². The van der Waals surface area contributed by atoms with Crippen LogP contribution in [-0.2, 0) is 4.74 Å². The minimum atomic E-state index is -0.282. The lowest BCUT2D eigenvalue weighted by atomic mass is 10.00. The number of ether oxygens (including phenoxy) is 1. The first-order valence-corrected chi connectivity index (χ1v) is 7.93. The van der Waals surface area contributed by atoms with Gasteiger partial charge in [-0.25, -0.2) is 0 Å². The molecule has 1 fully saturated rings. The van der Waals surface area contributed by atoms with Gasteiger partial charge in [0.1, 0.15) is 10.6 Å². The summed E-state index contributed by atoms with van der Waals surface area (Å²) in [6, 6.07) is 0. The molecule has 6 heteroatoms. The Balaban J connectivity index is 1.97. The van der Waals surface area contributed by atoms with Crippen molar-refractivity contribution in [3.63, 3.8) is 0 Å². The van der Waals surface area contributed by atoms with E-state index in [1.165, 1.54) is 4.91 Å². The van der Waals surface area contributed by atoms with Gasteiger partial charge in [-0.05, 0) is 0 Å². The third-order valence-corrected chi connectivity index (χ3v) is 5.17. The van der Waals surface area contributed by atoms with Crippen molar-refractivity contribution in [3.8, 4) is 0 Å². The van der Waals surface area contributed by atoms with E-state index in [4.69, 9.17) is 4.74 Å². The fourth-order valence-corrected chi connectivity index (χ4v) is 4.11. The maximum Gasteiger partial charge on any atom is 0.124 e. The second-order valence-electron chi connectivity index (χ2n) is 4.15. The van der Waals surface area contributed by atoms with Crippen LogP contribution in [0.1, 0.15) is 0 Å². The van der Waals surface area contributed by atoms with Crippen molar-refractivity contribution < 1.29 is 4.74 Å². The van der Waals surface area contributed by atoms with Crippen LogP contribution in [0.5, 0.6) is 0 Å². The van der Waals surface area contributed by atoms with Crippen LogP contribution >= 0.6 is 23.5 Å². The fraction of sp³-hybridized carbons (Fsp3) is 0.500. The van der Waals surface area contributed by atoms with Crippen LogP contribution in [0, 0.1) is 0 Å². The van der Waals surface area contributed by atoms with E-state index in [-0.39, 0.29) is 5.54 Å². The average Bonchev–Trinajstić information content (AvgIpc) is 2.50. The molecule has 3 aliphatic heterocycles. The normalized spacial score (nSPS) is 32.0. The summed E-state index contributed by atoms with van der Waals surface area (Å²) in [6.45, 7) is 2.25. The molecule has 0 amide bonds. The van der Waals surface area contributed by atoms with E-state index in [1.54, 1.807) is 11.8 Å². The third kappa shape index (κ3) is 2.30. The Kier molecular flexibility index (Phi) is 3.88. The highest BCUT2D eigenvalue weighted by atomic mass is 32.2. The second kappa shape index (κ2) is 5.61. The summed E-state index contributed by atoms with van der Waals surface area (Å²) in [5.41, 5.74) is -0.282. The molecule has 96 valence electrons. The number of rotatable bonds is 2. The van der Waals surface area contributed by atoms with Crippen molar-refractivity contribution in [2.24, 2.45) is 9.98 Å². The number of hydrogen-bond acceptors (Lipinski definition) is 6. The number of morpholine rings is 1. The van der Waals surface area contributed by atoms with E-state index < -0.39 is 0 Å². The molecule has 18 heavy (non-hydrogen) atoms. The molecule has 0 spiro atoms. The molecule has 0 bridgehead atoms. The zero-order chi connectivity index (χ0) is 12.3. The van der Waals surface area contributed by atoms with Gasteiger partial charge in [0.15, 0.2) is 0 Å². The first-order valence-electron chi connectivity index (χ1n) is 5.96. The summed E-state index contributed by atoms with van der Waals surface area (Å²) in [5.74, 6) is 1.90. The summed E-state index contributed by atoms with van der Waals surface area (Å²) < 4.78 is 5.71. The molecule has 3 aliphatic rings. The van der Waals surface area contributed by atoms with Gasteiger partial charge in [-0.3, -0.25) is 15.3 Å². The molecule has 0 aromatic rings. The lowest BCUT2D eigenvalue weighted by Gasteiger charge is -2.40. The lowest BCUT2D eigenvalue weighted by Crippen LogP contribution is -2.59. The predicted molar refractivity (Wildman–Crippen MR) is 79.6 cm³/mol. The standard InChI is InChI=1S/C12H15N3OS2/c1-2-14-11(18-6-1)12(9-16-5-3-15-12)10-8-13-4-7-17-10/h1-2,4,8,15H,3,5-7,9H2. The minimum Gasteiger partial charge on any atom is -0.377 e. The number of hydrogen-bond donors (Lipinski definition) is 1. The minimum absolute atomic E-state index is 0.282. The van der Waals surface area contributed by atoms with Gasteiger partial charge in [0, 0.05) is 41.6 Å². The van der Waals surface area contributed by atoms with Crippen molar-refractivity contribution >= 4 is 34.8 Å². The van der Waals surface area contributed by atoms with Crippen molar-refractivity contribution in [2.45, 2.75) is 5.54 Å². The molecule has 0 aliphatic carbocycles. The topological polar surface area (TPSA) is 46.0 Å². The Labute approximate surface area is 115 Å². The Morgan fingerprint density at radius 2 is 2.33 bits per heavy atom. The molecular formula is C12H15N3OS2. The molecule has 4 nitrogen and oxygen atoms in total. The molecule has 3 rings (SSSR count). The van der Waals surface area contributed by atoms with Gasteiger partial charge in [-0.1, -0.05) is 6.08 Å². The van der Waals surface area contributed by atoms with Gasteiger partial charge in [-0.2, -0.15) is 0 Å². The highest BCUT2D eigenvalue weighted by Gasteiger charge is 2.42. The van der Waals surface area contributed by atoms with Gasteiger partial charge < -0.3 is 4.74 Å². The molecule has 1 N–H and O–H groups in total. The van der Waals surface area contributed by atoms with Crippen molar-refractivity contribution in [2.75, 3.05) is 31.3 Å². The van der Waals surface area contributed by atoms with Crippen LogP contribution in [-0.4, -0.2) is 48.1 Å². The molecule has 1 unspecified atom stereocenters. The molecule has 0 radical (unpaired) electrons. The van der Waals surface area contributed by atoms with E-state index >= 15 is 0 Å². The van der Waals surface area contributed by atoms with Crippen molar-refractivity contribution in [3.05, 3.63) is 23.4 Å². The van der Waals surface area contributed by atoms with Gasteiger partial charge in [0.2, 0.25) is 0 Å². The zero-order valence-corrected chi connectivity index (χ0v) is 11.6. The first kappa shape index (κ1) is 12.5. The first-order chi connectivity index (χ1) is 8.92. The monoisotopic (exact) mass is 281 g/mol. The smallest absolute Gasteiger partial charge is 0.124 e.